The Morgan fingerprint density at radius 1 is 1.07 bits per heavy atom. The van der Waals surface area contributed by atoms with Gasteiger partial charge in [0.1, 0.15) is 11.3 Å². The van der Waals surface area contributed by atoms with Crippen LogP contribution in [0.5, 0.6) is 0 Å². The maximum atomic E-state index is 14.2. The number of rotatable bonds is 9. The highest BCUT2D eigenvalue weighted by molar-refractivity contribution is 6.31. The van der Waals surface area contributed by atoms with Crippen molar-refractivity contribution in [2.24, 2.45) is 11.3 Å². The zero-order valence-electron chi connectivity index (χ0n) is 25.2. The minimum absolute atomic E-state index is 0.111. The predicted octanol–water partition coefficient (Wildman–Crippen LogP) is 7.08. The van der Waals surface area contributed by atoms with Crippen molar-refractivity contribution in [2.45, 2.75) is 51.5 Å². The highest BCUT2D eigenvalue weighted by Crippen LogP contribution is 2.70. The summed E-state index contributed by atoms with van der Waals surface area (Å²) in [5.74, 6) is 0.180. The molecule has 0 radical (unpaired) electrons. The Bertz CT molecular complexity index is 1500. The monoisotopic (exact) mass is 623 g/mol. The molecule has 2 aromatic carbocycles. The summed E-state index contributed by atoms with van der Waals surface area (Å²) in [6, 6.07) is 14.3. The molecule has 0 amide bonds. The Labute approximate surface area is 262 Å². The number of carbonyl (C=O) groups is 1. The van der Waals surface area contributed by atoms with Crippen LogP contribution in [-0.4, -0.2) is 73.1 Å². The maximum absolute atomic E-state index is 14.2. The number of piperazine rings is 1. The Kier molecular flexibility index (Phi) is 8.04. The van der Waals surface area contributed by atoms with Gasteiger partial charge in [-0.25, -0.2) is 13.6 Å². The Morgan fingerprint density at radius 3 is 2.52 bits per heavy atom. The average molecular weight is 624 g/mol. The van der Waals surface area contributed by atoms with Gasteiger partial charge in [0.25, 0.3) is 6.43 Å². The SMILES string of the molecule is CCOC(=O)c1cnn(C2CCCN(c3cc(Cl)ccc3-c3ccc(N4CCN(CC5CC56CC6)CC4)cc3)C2)c1C(F)F. The third kappa shape index (κ3) is 5.81. The molecule has 2 aliphatic heterocycles. The van der Waals surface area contributed by atoms with E-state index in [-0.39, 0.29) is 23.9 Å². The summed E-state index contributed by atoms with van der Waals surface area (Å²) in [6.45, 7) is 8.62. The van der Waals surface area contributed by atoms with Crippen molar-refractivity contribution < 1.29 is 18.3 Å². The van der Waals surface area contributed by atoms with E-state index in [0.29, 0.717) is 18.0 Å². The molecule has 7 rings (SSSR count). The largest absolute Gasteiger partial charge is 0.462 e. The number of benzene rings is 2. The number of alkyl halides is 2. The van der Waals surface area contributed by atoms with Crippen LogP contribution in [0.4, 0.5) is 20.2 Å². The van der Waals surface area contributed by atoms with Crippen LogP contribution >= 0.6 is 11.6 Å². The van der Waals surface area contributed by atoms with Gasteiger partial charge in [0.2, 0.25) is 0 Å². The van der Waals surface area contributed by atoms with Gasteiger partial charge < -0.3 is 14.5 Å². The Balaban J connectivity index is 1.06. The lowest BCUT2D eigenvalue weighted by Crippen LogP contribution is -2.47. The van der Waals surface area contributed by atoms with E-state index in [0.717, 1.165) is 67.3 Å². The van der Waals surface area contributed by atoms with Crippen LogP contribution in [0.2, 0.25) is 5.02 Å². The van der Waals surface area contributed by atoms with Gasteiger partial charge in [-0.3, -0.25) is 9.58 Å². The van der Waals surface area contributed by atoms with Gasteiger partial charge >= 0.3 is 5.97 Å². The minimum atomic E-state index is -2.84. The van der Waals surface area contributed by atoms with Gasteiger partial charge in [0.05, 0.1) is 18.8 Å². The van der Waals surface area contributed by atoms with E-state index in [9.17, 15) is 13.6 Å². The molecule has 234 valence electrons. The molecule has 2 saturated heterocycles. The van der Waals surface area contributed by atoms with Gasteiger partial charge in [-0.05, 0) is 80.2 Å². The number of esters is 1. The highest BCUT2D eigenvalue weighted by atomic mass is 35.5. The van der Waals surface area contributed by atoms with Gasteiger partial charge in [0, 0.05) is 67.8 Å². The zero-order chi connectivity index (χ0) is 30.4. The smallest absolute Gasteiger partial charge is 0.341 e. The van der Waals surface area contributed by atoms with Gasteiger partial charge in [-0.1, -0.05) is 29.8 Å². The lowest BCUT2D eigenvalue weighted by Gasteiger charge is -2.37. The van der Waals surface area contributed by atoms with Gasteiger partial charge in [-0.2, -0.15) is 5.10 Å². The van der Waals surface area contributed by atoms with Crippen LogP contribution in [0, 0.1) is 11.3 Å². The van der Waals surface area contributed by atoms with E-state index < -0.39 is 12.4 Å². The zero-order valence-corrected chi connectivity index (χ0v) is 26.0. The fourth-order valence-electron chi connectivity index (χ4n) is 7.45. The first-order valence-electron chi connectivity index (χ1n) is 16.0. The van der Waals surface area contributed by atoms with Crippen molar-refractivity contribution >= 4 is 28.9 Å². The van der Waals surface area contributed by atoms with Crippen molar-refractivity contribution in [3.05, 3.63) is 64.9 Å². The summed E-state index contributed by atoms with van der Waals surface area (Å²) >= 11 is 6.50. The fraction of sp³-hybridized carbons (Fsp3) is 0.529. The molecule has 44 heavy (non-hydrogen) atoms. The molecule has 2 unspecified atom stereocenters. The van der Waals surface area contributed by atoms with E-state index in [4.69, 9.17) is 16.3 Å². The molecule has 3 heterocycles. The van der Waals surface area contributed by atoms with Crippen LogP contribution in [0.3, 0.4) is 0 Å². The predicted molar refractivity (Wildman–Crippen MR) is 169 cm³/mol. The van der Waals surface area contributed by atoms with Crippen LogP contribution < -0.4 is 9.80 Å². The van der Waals surface area contributed by atoms with Gasteiger partial charge in [0.15, 0.2) is 0 Å². The first-order chi connectivity index (χ1) is 21.3. The van der Waals surface area contributed by atoms with E-state index in [2.05, 4.69) is 44.1 Å². The molecule has 1 spiro atoms. The summed E-state index contributed by atoms with van der Waals surface area (Å²) in [4.78, 5) is 19.7. The molecule has 2 saturated carbocycles. The highest BCUT2D eigenvalue weighted by Gasteiger charge is 2.62. The molecule has 2 aliphatic carbocycles. The normalized spacial score (nSPS) is 22.9. The van der Waals surface area contributed by atoms with Crippen molar-refractivity contribution in [2.75, 3.05) is 62.2 Å². The molecule has 0 N–H and O–H groups in total. The molecule has 0 bridgehead atoms. The van der Waals surface area contributed by atoms with Crippen LogP contribution in [0.15, 0.2) is 48.7 Å². The average Bonchev–Trinajstić information content (AvgIpc) is 3.91. The lowest BCUT2D eigenvalue weighted by molar-refractivity contribution is 0.0512. The van der Waals surface area contributed by atoms with E-state index in [1.165, 1.54) is 42.4 Å². The minimum Gasteiger partial charge on any atom is -0.462 e. The second kappa shape index (κ2) is 12.0. The van der Waals surface area contributed by atoms with E-state index in [1.54, 1.807) is 6.92 Å². The fourth-order valence-corrected chi connectivity index (χ4v) is 7.61. The first-order valence-corrected chi connectivity index (χ1v) is 16.4. The Morgan fingerprint density at radius 2 is 1.84 bits per heavy atom. The topological polar surface area (TPSA) is 53.8 Å². The summed E-state index contributed by atoms with van der Waals surface area (Å²) in [5.41, 5.74) is 4.56. The van der Waals surface area contributed by atoms with Crippen LogP contribution in [0.25, 0.3) is 11.1 Å². The summed E-state index contributed by atoms with van der Waals surface area (Å²) in [6.07, 6.45) is 4.21. The first kappa shape index (κ1) is 29.5. The molecule has 7 nitrogen and oxygen atoms in total. The molecule has 4 aliphatic rings. The number of aromatic nitrogens is 2. The molecule has 1 aromatic heterocycles. The number of nitrogens with zero attached hydrogens (tertiary/aromatic N) is 5. The second-order valence-corrected chi connectivity index (χ2v) is 13.3. The molecular formula is C34H40ClF2N5O2. The molecule has 2 atom stereocenters. The van der Waals surface area contributed by atoms with Crippen molar-refractivity contribution in [1.29, 1.82) is 0 Å². The molecule has 4 fully saturated rings. The molecule has 3 aromatic rings. The number of halogens is 3. The second-order valence-electron chi connectivity index (χ2n) is 12.9. The molecular weight excluding hydrogens is 584 g/mol. The van der Waals surface area contributed by atoms with E-state index >= 15 is 0 Å². The lowest BCUT2D eigenvalue weighted by atomic mass is 9.99. The van der Waals surface area contributed by atoms with Crippen molar-refractivity contribution in [3.63, 3.8) is 0 Å². The summed E-state index contributed by atoms with van der Waals surface area (Å²) in [7, 11) is 0. The number of piperidine rings is 1. The quantitative estimate of drug-likeness (QED) is 0.238. The number of anilines is 2. The van der Waals surface area contributed by atoms with E-state index in [1.807, 2.05) is 18.2 Å². The summed E-state index contributed by atoms with van der Waals surface area (Å²) < 4.78 is 34.7. The van der Waals surface area contributed by atoms with Gasteiger partial charge in [-0.15, -0.1) is 0 Å². The third-order valence-electron chi connectivity index (χ3n) is 10.2. The standard InChI is InChI=1S/C34H40ClF2N5O2/c1-2-44-33(43)29-20-38-42(31(29)32(36)37)27-4-3-13-41(22-27)30-18-25(35)7-10-28(30)23-5-8-26(9-6-23)40-16-14-39(15-17-40)21-24-19-34(24)11-12-34/h5-10,18,20,24,27,32H,2-4,11-17,19,21-22H2,1H3. The van der Waals surface area contributed by atoms with Crippen LogP contribution in [0.1, 0.15) is 67.5 Å². The third-order valence-corrected chi connectivity index (χ3v) is 10.5. The van der Waals surface area contributed by atoms with Crippen molar-refractivity contribution in [3.8, 4) is 11.1 Å². The Hall–Kier alpha value is -3.17. The number of ether oxygens (including phenoxy) is 1. The maximum Gasteiger partial charge on any atom is 0.341 e. The number of hydrogen-bond acceptors (Lipinski definition) is 6. The molecule has 10 heteroatoms. The van der Waals surface area contributed by atoms with Crippen molar-refractivity contribution in [1.82, 2.24) is 14.7 Å². The number of carbonyl (C=O) groups excluding carboxylic acids is 1. The summed E-state index contributed by atoms with van der Waals surface area (Å²) in [5, 5.41) is 4.87. The van der Waals surface area contributed by atoms with Crippen LogP contribution in [-0.2, 0) is 4.74 Å². The number of hydrogen-bond donors (Lipinski definition) is 0.